The van der Waals surface area contributed by atoms with E-state index in [0.717, 1.165) is 64.4 Å². The second-order valence-electron chi connectivity index (χ2n) is 11.0. The minimum Gasteiger partial charge on any atom is -0.382 e. The quantitative estimate of drug-likeness (QED) is 0.221. The van der Waals surface area contributed by atoms with E-state index >= 15 is 0 Å². The SMILES string of the molecule is Cc1cc(-c2cnn(C)c2)cnc1-c1cc2cnc(Nc3ccc(NC4CCNCC4)cc3)nc2n(Cc2nccs2)c1=O. The number of hydrogen-bond acceptors (Lipinski definition) is 10. The maximum atomic E-state index is 14.1. The maximum absolute atomic E-state index is 14.1. The van der Waals surface area contributed by atoms with Crippen LogP contribution >= 0.6 is 11.3 Å². The molecule has 1 fully saturated rings. The van der Waals surface area contributed by atoms with E-state index in [1.165, 1.54) is 11.3 Å². The first-order chi connectivity index (χ1) is 21.5. The summed E-state index contributed by atoms with van der Waals surface area (Å²) in [6.07, 6.45) is 11.2. The molecule has 0 aliphatic carbocycles. The number of aromatic nitrogens is 7. The monoisotopic (exact) mass is 604 g/mol. The molecule has 0 unspecified atom stereocenters. The van der Waals surface area contributed by atoms with Gasteiger partial charge >= 0.3 is 0 Å². The van der Waals surface area contributed by atoms with Gasteiger partial charge in [0.15, 0.2) is 0 Å². The molecule has 44 heavy (non-hydrogen) atoms. The second-order valence-corrected chi connectivity index (χ2v) is 12.0. The predicted molar refractivity (Wildman–Crippen MR) is 174 cm³/mol. The Morgan fingerprint density at radius 2 is 1.82 bits per heavy atom. The molecule has 0 bridgehead atoms. The van der Waals surface area contributed by atoms with Crippen molar-refractivity contribution in [3.05, 3.63) is 93.7 Å². The normalized spacial score (nSPS) is 13.8. The zero-order chi connectivity index (χ0) is 30.0. The number of piperidine rings is 1. The first-order valence-electron chi connectivity index (χ1n) is 14.6. The first-order valence-corrected chi connectivity index (χ1v) is 15.5. The number of aryl methyl sites for hydroxylation is 2. The molecule has 1 aliphatic heterocycles. The zero-order valence-corrected chi connectivity index (χ0v) is 25.3. The number of nitrogens with zero attached hydrogens (tertiary/aromatic N) is 7. The van der Waals surface area contributed by atoms with E-state index in [4.69, 9.17) is 9.97 Å². The molecule has 7 rings (SSSR count). The van der Waals surface area contributed by atoms with Crippen LogP contribution in [0.4, 0.5) is 17.3 Å². The molecule has 1 aromatic carbocycles. The van der Waals surface area contributed by atoms with Gasteiger partial charge in [-0.05, 0) is 74.8 Å². The summed E-state index contributed by atoms with van der Waals surface area (Å²) in [5, 5.41) is 18.0. The predicted octanol–water partition coefficient (Wildman–Crippen LogP) is 4.97. The van der Waals surface area contributed by atoms with Gasteiger partial charge in [0.25, 0.3) is 5.56 Å². The second kappa shape index (κ2) is 12.0. The summed E-state index contributed by atoms with van der Waals surface area (Å²) < 4.78 is 3.42. The van der Waals surface area contributed by atoms with Gasteiger partial charge in [-0.3, -0.25) is 19.0 Å². The standard InChI is InChI=1S/C32H32N10OS/c1-20-13-21(23-17-37-41(2)18-23)15-35-29(20)27-14-22-16-36-32(40-30(22)42(31(27)43)19-28-34-11-12-44-28)39-25-5-3-24(4-6-25)38-26-7-9-33-10-8-26/h3-6,11-18,26,33,38H,7-10,19H2,1-2H3,(H,36,39,40). The molecular weight excluding hydrogens is 572 g/mol. The van der Waals surface area contributed by atoms with Crippen LogP contribution in [0, 0.1) is 6.92 Å². The van der Waals surface area contributed by atoms with Gasteiger partial charge in [-0.15, -0.1) is 11.3 Å². The van der Waals surface area contributed by atoms with E-state index in [9.17, 15) is 4.79 Å². The molecule has 6 heterocycles. The smallest absolute Gasteiger partial charge is 0.262 e. The van der Waals surface area contributed by atoms with Crippen molar-refractivity contribution in [2.45, 2.75) is 32.4 Å². The highest BCUT2D eigenvalue weighted by Gasteiger charge is 2.18. The lowest BCUT2D eigenvalue weighted by molar-refractivity contribution is 0.479. The summed E-state index contributed by atoms with van der Waals surface area (Å²) in [7, 11) is 1.88. The summed E-state index contributed by atoms with van der Waals surface area (Å²) in [6.45, 7) is 4.34. The molecular formula is C32H32N10OS. The van der Waals surface area contributed by atoms with E-state index in [2.05, 4.69) is 43.1 Å². The van der Waals surface area contributed by atoms with Gasteiger partial charge in [0.1, 0.15) is 10.7 Å². The summed E-state index contributed by atoms with van der Waals surface area (Å²) in [4.78, 5) is 32.7. The first kappa shape index (κ1) is 27.9. The Morgan fingerprint density at radius 1 is 1.00 bits per heavy atom. The lowest BCUT2D eigenvalue weighted by Gasteiger charge is -2.24. The summed E-state index contributed by atoms with van der Waals surface area (Å²) in [5.41, 5.74) is 6.20. The molecule has 0 amide bonds. The Labute approximate surface area is 258 Å². The van der Waals surface area contributed by atoms with Gasteiger partial charge < -0.3 is 16.0 Å². The third-order valence-corrected chi connectivity index (χ3v) is 8.59. The van der Waals surface area contributed by atoms with E-state index in [-0.39, 0.29) is 5.56 Å². The van der Waals surface area contributed by atoms with Crippen LogP contribution in [0.25, 0.3) is 33.4 Å². The number of anilines is 3. The minimum atomic E-state index is -0.185. The molecule has 6 aromatic rings. The van der Waals surface area contributed by atoms with Crippen molar-refractivity contribution in [2.24, 2.45) is 7.05 Å². The summed E-state index contributed by atoms with van der Waals surface area (Å²) in [5.74, 6) is 0.409. The van der Waals surface area contributed by atoms with Crippen LogP contribution in [0.2, 0.25) is 0 Å². The molecule has 222 valence electrons. The van der Waals surface area contributed by atoms with Crippen molar-refractivity contribution < 1.29 is 0 Å². The van der Waals surface area contributed by atoms with E-state index in [0.29, 0.717) is 35.4 Å². The number of benzene rings is 1. The number of nitrogens with one attached hydrogen (secondary N) is 3. The lowest BCUT2D eigenvalue weighted by atomic mass is 10.0. The molecule has 3 N–H and O–H groups in total. The fraction of sp³-hybridized carbons (Fsp3) is 0.250. The Morgan fingerprint density at radius 3 is 2.55 bits per heavy atom. The number of thiazole rings is 1. The fourth-order valence-electron chi connectivity index (χ4n) is 5.57. The van der Waals surface area contributed by atoms with Crippen molar-refractivity contribution in [1.29, 1.82) is 0 Å². The van der Waals surface area contributed by atoms with Crippen LogP contribution in [0.15, 0.2) is 77.6 Å². The van der Waals surface area contributed by atoms with Crippen LogP contribution in [0.5, 0.6) is 0 Å². The topological polar surface area (TPSA) is 127 Å². The molecule has 0 atom stereocenters. The van der Waals surface area contributed by atoms with Crippen LogP contribution < -0.4 is 21.5 Å². The summed E-state index contributed by atoms with van der Waals surface area (Å²) in [6, 6.07) is 12.5. The maximum Gasteiger partial charge on any atom is 0.262 e. The van der Waals surface area contributed by atoms with Crippen molar-refractivity contribution in [3.8, 4) is 22.4 Å². The lowest BCUT2D eigenvalue weighted by Crippen LogP contribution is -2.35. The molecule has 11 nitrogen and oxygen atoms in total. The Hall–Kier alpha value is -4.94. The molecule has 0 radical (unpaired) electrons. The van der Waals surface area contributed by atoms with Gasteiger partial charge in [0.05, 0.1) is 24.0 Å². The fourth-order valence-corrected chi connectivity index (χ4v) is 6.17. The van der Waals surface area contributed by atoms with E-state index in [1.807, 2.05) is 49.8 Å². The molecule has 1 aliphatic rings. The number of pyridine rings is 2. The van der Waals surface area contributed by atoms with Crippen molar-refractivity contribution >= 4 is 39.7 Å². The van der Waals surface area contributed by atoms with Gasteiger partial charge in [-0.2, -0.15) is 10.1 Å². The largest absolute Gasteiger partial charge is 0.382 e. The Kier molecular flexibility index (Phi) is 7.59. The van der Waals surface area contributed by atoms with E-state index in [1.54, 1.807) is 34.0 Å². The number of rotatable bonds is 8. The molecule has 12 heteroatoms. The minimum absolute atomic E-state index is 0.185. The van der Waals surface area contributed by atoms with Crippen molar-refractivity contribution in [3.63, 3.8) is 0 Å². The highest BCUT2D eigenvalue weighted by Crippen LogP contribution is 2.27. The van der Waals surface area contributed by atoms with Gasteiger partial charge in [0, 0.05) is 71.1 Å². The Balaban J connectivity index is 1.22. The highest BCUT2D eigenvalue weighted by molar-refractivity contribution is 7.09. The average Bonchev–Trinajstić information content (AvgIpc) is 3.72. The van der Waals surface area contributed by atoms with Crippen LogP contribution in [-0.2, 0) is 13.6 Å². The molecule has 0 saturated carbocycles. The van der Waals surface area contributed by atoms with Gasteiger partial charge in [-0.1, -0.05) is 0 Å². The summed E-state index contributed by atoms with van der Waals surface area (Å²) >= 11 is 1.50. The number of hydrogen-bond donors (Lipinski definition) is 3. The van der Waals surface area contributed by atoms with Crippen molar-refractivity contribution in [2.75, 3.05) is 23.7 Å². The van der Waals surface area contributed by atoms with Crippen LogP contribution in [0.3, 0.4) is 0 Å². The average molecular weight is 605 g/mol. The van der Waals surface area contributed by atoms with Gasteiger partial charge in [-0.25, -0.2) is 9.97 Å². The van der Waals surface area contributed by atoms with Crippen LogP contribution in [-0.4, -0.2) is 53.4 Å². The van der Waals surface area contributed by atoms with Gasteiger partial charge in [0.2, 0.25) is 5.95 Å². The molecule has 0 spiro atoms. The number of fused-ring (bicyclic) bond motifs is 1. The third-order valence-electron chi connectivity index (χ3n) is 7.83. The third kappa shape index (κ3) is 5.81. The van der Waals surface area contributed by atoms with Crippen molar-refractivity contribution in [1.82, 2.24) is 39.6 Å². The van der Waals surface area contributed by atoms with Crippen LogP contribution in [0.1, 0.15) is 23.4 Å². The zero-order valence-electron chi connectivity index (χ0n) is 24.5. The highest BCUT2D eigenvalue weighted by atomic mass is 32.1. The molecule has 5 aromatic heterocycles. The molecule has 1 saturated heterocycles. The van der Waals surface area contributed by atoms with E-state index < -0.39 is 0 Å². The Bertz CT molecular complexity index is 1980.